The number of carbonyl (C=O) groups is 1. The summed E-state index contributed by atoms with van der Waals surface area (Å²) < 4.78 is 11.4. The summed E-state index contributed by atoms with van der Waals surface area (Å²) in [5.74, 6) is 1.51. The lowest BCUT2D eigenvalue weighted by Crippen LogP contribution is -2.36. The Balaban J connectivity index is 1.71. The minimum atomic E-state index is -0.0269. The van der Waals surface area contributed by atoms with Gasteiger partial charge in [0.2, 0.25) is 5.91 Å². The van der Waals surface area contributed by atoms with E-state index in [9.17, 15) is 4.79 Å². The number of morpholine rings is 1. The zero-order chi connectivity index (χ0) is 18.1. The molecule has 0 saturated carbocycles. The molecular formula is C19H23N3O3S. The molecule has 0 unspecified atom stereocenters. The van der Waals surface area contributed by atoms with Crippen molar-refractivity contribution in [1.29, 1.82) is 0 Å². The largest absolute Gasteiger partial charge is 0.491 e. The van der Waals surface area contributed by atoms with Crippen LogP contribution in [0.3, 0.4) is 0 Å². The van der Waals surface area contributed by atoms with Crippen LogP contribution in [0.2, 0.25) is 0 Å². The van der Waals surface area contributed by atoms with Crippen molar-refractivity contribution < 1.29 is 14.3 Å². The third kappa shape index (κ3) is 3.41. The Bertz CT molecular complexity index is 799. The second kappa shape index (κ2) is 7.25. The molecule has 138 valence electrons. The van der Waals surface area contributed by atoms with Crippen LogP contribution in [0.5, 0.6) is 5.75 Å². The number of anilines is 2. The number of hydrogen-bond donors (Lipinski definition) is 1. The number of amides is 1. The van der Waals surface area contributed by atoms with Gasteiger partial charge in [-0.1, -0.05) is 29.5 Å². The SMILES string of the molecule is CC(C)Oc1ccccc1[C@@H]1CC(=O)Nc2nc(N3CCOCC3)sc21. The number of rotatable bonds is 4. The highest BCUT2D eigenvalue weighted by Crippen LogP contribution is 2.45. The average Bonchev–Trinajstić information content (AvgIpc) is 3.06. The van der Waals surface area contributed by atoms with E-state index in [4.69, 9.17) is 14.5 Å². The van der Waals surface area contributed by atoms with Gasteiger partial charge in [0.1, 0.15) is 11.6 Å². The molecule has 0 aliphatic carbocycles. The number of nitrogens with zero attached hydrogens (tertiary/aromatic N) is 2. The number of thiazole rings is 1. The zero-order valence-electron chi connectivity index (χ0n) is 15.0. The van der Waals surface area contributed by atoms with Crippen molar-refractivity contribution in [2.75, 3.05) is 36.5 Å². The van der Waals surface area contributed by atoms with Crippen molar-refractivity contribution in [3.05, 3.63) is 34.7 Å². The number of fused-ring (bicyclic) bond motifs is 1. The third-order valence-corrected chi connectivity index (χ3v) is 5.77. The van der Waals surface area contributed by atoms with Gasteiger partial charge in [-0.2, -0.15) is 0 Å². The van der Waals surface area contributed by atoms with Crippen molar-refractivity contribution in [2.24, 2.45) is 0 Å². The maximum absolute atomic E-state index is 12.3. The summed E-state index contributed by atoms with van der Waals surface area (Å²) in [6.45, 7) is 7.12. The minimum absolute atomic E-state index is 0.000627. The number of nitrogens with one attached hydrogen (secondary N) is 1. The molecule has 2 aliphatic heterocycles. The van der Waals surface area contributed by atoms with Gasteiger partial charge in [0.15, 0.2) is 5.13 Å². The molecule has 1 atom stereocenters. The number of aromatic nitrogens is 1. The van der Waals surface area contributed by atoms with Gasteiger partial charge < -0.3 is 19.7 Å². The second-order valence-electron chi connectivity index (χ2n) is 6.82. The fourth-order valence-electron chi connectivity index (χ4n) is 3.38. The smallest absolute Gasteiger partial charge is 0.226 e. The molecule has 1 fully saturated rings. The predicted molar refractivity (Wildman–Crippen MR) is 102 cm³/mol. The fraction of sp³-hybridized carbons (Fsp3) is 0.474. The molecule has 1 aromatic heterocycles. The van der Waals surface area contributed by atoms with E-state index < -0.39 is 0 Å². The highest BCUT2D eigenvalue weighted by molar-refractivity contribution is 7.16. The Hall–Kier alpha value is -2.12. The van der Waals surface area contributed by atoms with Gasteiger partial charge in [-0.15, -0.1) is 0 Å². The van der Waals surface area contributed by atoms with Gasteiger partial charge in [0.25, 0.3) is 0 Å². The van der Waals surface area contributed by atoms with E-state index in [-0.39, 0.29) is 17.9 Å². The number of ether oxygens (including phenoxy) is 2. The summed E-state index contributed by atoms with van der Waals surface area (Å²) in [5.41, 5.74) is 1.05. The maximum atomic E-state index is 12.3. The van der Waals surface area contributed by atoms with Gasteiger partial charge in [0, 0.05) is 31.0 Å². The van der Waals surface area contributed by atoms with E-state index in [0.29, 0.717) is 25.5 Å². The molecule has 1 saturated heterocycles. The van der Waals surface area contributed by atoms with Crippen LogP contribution in [0, 0.1) is 0 Å². The van der Waals surface area contributed by atoms with Crippen molar-refractivity contribution >= 4 is 28.2 Å². The van der Waals surface area contributed by atoms with Crippen LogP contribution in [0.25, 0.3) is 0 Å². The molecule has 1 N–H and O–H groups in total. The molecule has 6 nitrogen and oxygen atoms in total. The highest BCUT2D eigenvalue weighted by atomic mass is 32.1. The fourth-order valence-corrected chi connectivity index (χ4v) is 4.57. The lowest BCUT2D eigenvalue weighted by Gasteiger charge is -2.26. The van der Waals surface area contributed by atoms with Gasteiger partial charge >= 0.3 is 0 Å². The van der Waals surface area contributed by atoms with Crippen molar-refractivity contribution in [3.8, 4) is 5.75 Å². The van der Waals surface area contributed by atoms with E-state index in [2.05, 4.69) is 16.3 Å². The maximum Gasteiger partial charge on any atom is 0.226 e. The van der Waals surface area contributed by atoms with E-state index in [1.807, 2.05) is 32.0 Å². The van der Waals surface area contributed by atoms with Gasteiger partial charge in [-0.05, 0) is 19.9 Å². The lowest BCUT2D eigenvalue weighted by molar-refractivity contribution is -0.116. The van der Waals surface area contributed by atoms with Crippen LogP contribution in [-0.2, 0) is 9.53 Å². The van der Waals surface area contributed by atoms with Gasteiger partial charge in [-0.25, -0.2) is 4.98 Å². The summed E-state index contributed by atoms with van der Waals surface area (Å²) >= 11 is 1.66. The molecular weight excluding hydrogens is 350 g/mol. The molecule has 2 aliphatic rings. The monoisotopic (exact) mass is 373 g/mol. The molecule has 26 heavy (non-hydrogen) atoms. The van der Waals surface area contributed by atoms with Crippen LogP contribution in [0.15, 0.2) is 24.3 Å². The van der Waals surface area contributed by atoms with E-state index in [1.165, 1.54) is 0 Å². The quantitative estimate of drug-likeness (QED) is 0.891. The van der Waals surface area contributed by atoms with Crippen LogP contribution in [0.4, 0.5) is 10.9 Å². The molecule has 2 aromatic rings. The molecule has 7 heteroatoms. The third-order valence-electron chi connectivity index (χ3n) is 4.54. The standard InChI is InChI=1S/C19H23N3O3S/c1-12(2)25-15-6-4-3-5-13(15)14-11-16(23)20-18-17(14)26-19(21-18)22-7-9-24-10-8-22/h3-6,12,14H,7-11H2,1-2H3,(H,20,23)/t14-/m0/s1. The summed E-state index contributed by atoms with van der Waals surface area (Å²) in [5, 5.41) is 3.89. The molecule has 4 rings (SSSR count). The molecule has 0 bridgehead atoms. The molecule has 0 spiro atoms. The average molecular weight is 373 g/mol. The Morgan fingerprint density at radius 2 is 2.08 bits per heavy atom. The molecule has 1 aromatic carbocycles. The zero-order valence-corrected chi connectivity index (χ0v) is 15.8. The van der Waals surface area contributed by atoms with E-state index in [0.717, 1.165) is 34.4 Å². The number of benzene rings is 1. The topological polar surface area (TPSA) is 63.7 Å². The van der Waals surface area contributed by atoms with Crippen LogP contribution >= 0.6 is 11.3 Å². The first-order valence-corrected chi connectivity index (χ1v) is 9.82. The summed E-state index contributed by atoms with van der Waals surface area (Å²) in [4.78, 5) is 20.3. The Morgan fingerprint density at radius 3 is 2.85 bits per heavy atom. The Kier molecular flexibility index (Phi) is 4.82. The number of carbonyl (C=O) groups excluding carboxylic acids is 1. The predicted octanol–water partition coefficient (Wildman–Crippen LogP) is 3.24. The summed E-state index contributed by atoms with van der Waals surface area (Å²) in [6, 6.07) is 8.00. The van der Waals surface area contributed by atoms with Crippen molar-refractivity contribution in [3.63, 3.8) is 0 Å². The van der Waals surface area contributed by atoms with Gasteiger partial charge in [0.05, 0.1) is 24.2 Å². The summed E-state index contributed by atoms with van der Waals surface area (Å²) in [7, 11) is 0. The van der Waals surface area contributed by atoms with Crippen molar-refractivity contribution in [1.82, 2.24) is 4.98 Å². The number of hydrogen-bond acceptors (Lipinski definition) is 6. The molecule has 3 heterocycles. The van der Waals surface area contributed by atoms with Gasteiger partial charge in [-0.3, -0.25) is 4.79 Å². The van der Waals surface area contributed by atoms with Crippen LogP contribution < -0.4 is 15.0 Å². The molecule has 1 amide bonds. The normalized spacial score (nSPS) is 20.0. The minimum Gasteiger partial charge on any atom is -0.491 e. The first-order valence-electron chi connectivity index (χ1n) is 9.00. The lowest BCUT2D eigenvalue weighted by atomic mass is 9.91. The first kappa shape index (κ1) is 17.3. The van der Waals surface area contributed by atoms with Crippen molar-refractivity contribution in [2.45, 2.75) is 32.3 Å². The first-order chi connectivity index (χ1) is 12.6. The van der Waals surface area contributed by atoms with E-state index in [1.54, 1.807) is 11.3 Å². The Morgan fingerprint density at radius 1 is 1.31 bits per heavy atom. The molecule has 0 radical (unpaired) electrons. The summed E-state index contributed by atoms with van der Waals surface area (Å²) in [6.07, 6.45) is 0.495. The Labute approximate surface area is 157 Å². The van der Waals surface area contributed by atoms with Crippen LogP contribution in [0.1, 0.15) is 36.6 Å². The number of para-hydroxylation sites is 1. The van der Waals surface area contributed by atoms with E-state index >= 15 is 0 Å². The van der Waals surface area contributed by atoms with Crippen LogP contribution in [-0.4, -0.2) is 43.3 Å². The highest BCUT2D eigenvalue weighted by Gasteiger charge is 2.33. The second-order valence-corrected chi connectivity index (χ2v) is 7.83.